The Kier molecular flexibility index (Phi) is 5.07. The topological polar surface area (TPSA) is 64.9 Å². The van der Waals surface area contributed by atoms with Gasteiger partial charge >= 0.3 is 0 Å². The van der Waals surface area contributed by atoms with Gasteiger partial charge in [0.05, 0.1) is 12.6 Å². The maximum absolute atomic E-state index is 5.50. The summed E-state index contributed by atoms with van der Waals surface area (Å²) in [4.78, 5) is 0. The van der Waals surface area contributed by atoms with Gasteiger partial charge in [-0.25, -0.2) is 4.68 Å². The fraction of sp³-hybridized carbons (Fsp3) is 0.917. The number of tetrazole rings is 1. The molecule has 1 fully saturated rings. The van der Waals surface area contributed by atoms with E-state index in [0.717, 1.165) is 45.0 Å². The lowest BCUT2D eigenvalue weighted by Gasteiger charge is -2.22. The summed E-state index contributed by atoms with van der Waals surface area (Å²) >= 11 is 0. The molecule has 2 rings (SSSR count). The predicted octanol–water partition coefficient (Wildman–Crippen LogP) is 1.16. The molecule has 2 heterocycles. The van der Waals surface area contributed by atoms with Gasteiger partial charge < -0.3 is 10.1 Å². The number of rotatable bonds is 6. The summed E-state index contributed by atoms with van der Waals surface area (Å²) in [5, 5.41) is 15.4. The van der Waals surface area contributed by atoms with E-state index in [1.54, 1.807) is 0 Å². The SMILES string of the molecule is CCCNC(C)c1nnnn1CC1CCCOC1. The summed E-state index contributed by atoms with van der Waals surface area (Å²) in [7, 11) is 0. The zero-order chi connectivity index (χ0) is 12.8. The average molecular weight is 253 g/mol. The van der Waals surface area contributed by atoms with Crippen LogP contribution in [0.25, 0.3) is 0 Å². The van der Waals surface area contributed by atoms with E-state index >= 15 is 0 Å². The highest BCUT2D eigenvalue weighted by Gasteiger charge is 2.19. The number of hydrogen-bond acceptors (Lipinski definition) is 5. The molecule has 1 aromatic heterocycles. The minimum atomic E-state index is 0.199. The Labute approximate surface area is 108 Å². The number of hydrogen-bond donors (Lipinski definition) is 1. The first kappa shape index (κ1) is 13.4. The largest absolute Gasteiger partial charge is 0.381 e. The van der Waals surface area contributed by atoms with Crippen molar-refractivity contribution in [3.8, 4) is 0 Å². The molecule has 0 saturated carbocycles. The van der Waals surface area contributed by atoms with Gasteiger partial charge in [0.1, 0.15) is 0 Å². The molecular weight excluding hydrogens is 230 g/mol. The first-order chi connectivity index (χ1) is 8.81. The fourth-order valence-electron chi connectivity index (χ4n) is 2.30. The van der Waals surface area contributed by atoms with Crippen LogP contribution in [-0.4, -0.2) is 40.0 Å². The summed E-state index contributed by atoms with van der Waals surface area (Å²) in [5.41, 5.74) is 0. The van der Waals surface area contributed by atoms with Crippen LogP contribution in [0.4, 0.5) is 0 Å². The van der Waals surface area contributed by atoms with Crippen molar-refractivity contribution >= 4 is 0 Å². The smallest absolute Gasteiger partial charge is 0.167 e. The van der Waals surface area contributed by atoms with Crippen LogP contribution in [0.3, 0.4) is 0 Å². The van der Waals surface area contributed by atoms with Crippen LogP contribution in [-0.2, 0) is 11.3 Å². The Morgan fingerprint density at radius 2 is 2.44 bits per heavy atom. The van der Waals surface area contributed by atoms with Crippen molar-refractivity contribution in [1.82, 2.24) is 25.5 Å². The third-order valence-electron chi connectivity index (χ3n) is 3.33. The highest BCUT2D eigenvalue weighted by Crippen LogP contribution is 2.17. The van der Waals surface area contributed by atoms with Gasteiger partial charge in [0, 0.05) is 19.1 Å². The molecule has 18 heavy (non-hydrogen) atoms. The molecule has 1 aliphatic heterocycles. The maximum atomic E-state index is 5.50. The molecule has 2 unspecified atom stereocenters. The Morgan fingerprint density at radius 3 is 3.17 bits per heavy atom. The second-order valence-corrected chi connectivity index (χ2v) is 4.98. The minimum Gasteiger partial charge on any atom is -0.381 e. The molecule has 1 aliphatic rings. The van der Waals surface area contributed by atoms with Crippen molar-refractivity contribution in [1.29, 1.82) is 0 Å². The van der Waals surface area contributed by atoms with Crippen LogP contribution >= 0.6 is 0 Å². The molecule has 102 valence electrons. The summed E-state index contributed by atoms with van der Waals surface area (Å²) in [6.07, 6.45) is 3.46. The number of nitrogens with one attached hydrogen (secondary N) is 1. The molecule has 1 saturated heterocycles. The summed E-state index contributed by atoms with van der Waals surface area (Å²) in [6.45, 7) is 7.84. The zero-order valence-corrected chi connectivity index (χ0v) is 11.3. The van der Waals surface area contributed by atoms with Gasteiger partial charge in [-0.15, -0.1) is 5.10 Å². The van der Waals surface area contributed by atoms with E-state index in [1.807, 2.05) is 4.68 Å². The van der Waals surface area contributed by atoms with Crippen LogP contribution < -0.4 is 5.32 Å². The van der Waals surface area contributed by atoms with Gasteiger partial charge in [0.25, 0.3) is 0 Å². The quantitative estimate of drug-likeness (QED) is 0.824. The van der Waals surface area contributed by atoms with Crippen LogP contribution in [0.1, 0.15) is 45.0 Å². The zero-order valence-electron chi connectivity index (χ0n) is 11.3. The van der Waals surface area contributed by atoms with Crippen molar-refractivity contribution in [2.24, 2.45) is 5.92 Å². The lowest BCUT2D eigenvalue weighted by molar-refractivity contribution is 0.0462. The Hall–Kier alpha value is -1.01. The van der Waals surface area contributed by atoms with Gasteiger partial charge in [-0.3, -0.25) is 0 Å². The van der Waals surface area contributed by atoms with Gasteiger partial charge in [0.15, 0.2) is 5.82 Å². The van der Waals surface area contributed by atoms with Crippen LogP contribution in [0, 0.1) is 5.92 Å². The molecule has 0 aromatic carbocycles. The molecule has 1 N–H and O–H groups in total. The normalized spacial score (nSPS) is 22.0. The average Bonchev–Trinajstić information content (AvgIpc) is 2.85. The molecule has 6 heteroatoms. The standard InChI is InChI=1S/C12H23N5O/c1-3-6-13-10(2)12-14-15-16-17(12)8-11-5-4-7-18-9-11/h10-11,13H,3-9H2,1-2H3. The van der Waals surface area contributed by atoms with E-state index in [-0.39, 0.29) is 6.04 Å². The molecule has 0 aliphatic carbocycles. The van der Waals surface area contributed by atoms with Crippen molar-refractivity contribution in [3.05, 3.63) is 5.82 Å². The van der Waals surface area contributed by atoms with Gasteiger partial charge in [-0.05, 0) is 43.2 Å². The van der Waals surface area contributed by atoms with Gasteiger partial charge in [-0.2, -0.15) is 0 Å². The van der Waals surface area contributed by atoms with Gasteiger partial charge in [-0.1, -0.05) is 6.92 Å². The van der Waals surface area contributed by atoms with E-state index in [4.69, 9.17) is 4.74 Å². The van der Waals surface area contributed by atoms with Crippen LogP contribution in [0.15, 0.2) is 0 Å². The lowest BCUT2D eigenvalue weighted by Crippen LogP contribution is -2.27. The second kappa shape index (κ2) is 6.80. The third kappa shape index (κ3) is 3.49. The summed E-state index contributed by atoms with van der Waals surface area (Å²) < 4.78 is 7.42. The van der Waals surface area contributed by atoms with E-state index in [1.165, 1.54) is 6.42 Å². The molecule has 0 amide bonds. The fourth-order valence-corrected chi connectivity index (χ4v) is 2.30. The monoisotopic (exact) mass is 253 g/mol. The Morgan fingerprint density at radius 1 is 1.56 bits per heavy atom. The van der Waals surface area contributed by atoms with Crippen molar-refractivity contribution in [2.75, 3.05) is 19.8 Å². The molecule has 6 nitrogen and oxygen atoms in total. The maximum Gasteiger partial charge on any atom is 0.167 e. The van der Waals surface area contributed by atoms with E-state index < -0.39 is 0 Å². The van der Waals surface area contributed by atoms with Gasteiger partial charge in [0.2, 0.25) is 0 Å². The number of aromatic nitrogens is 4. The molecule has 0 spiro atoms. The summed E-state index contributed by atoms with van der Waals surface area (Å²) in [5.74, 6) is 1.47. The highest BCUT2D eigenvalue weighted by atomic mass is 16.5. The van der Waals surface area contributed by atoms with Crippen molar-refractivity contribution in [2.45, 2.75) is 45.7 Å². The molecule has 0 radical (unpaired) electrons. The molecular formula is C12H23N5O. The predicted molar refractivity (Wildman–Crippen MR) is 68.1 cm³/mol. The third-order valence-corrected chi connectivity index (χ3v) is 3.33. The van der Waals surface area contributed by atoms with Crippen LogP contribution in [0.2, 0.25) is 0 Å². The Bertz CT molecular complexity index is 348. The molecule has 1 aromatic rings. The second-order valence-electron chi connectivity index (χ2n) is 4.98. The lowest BCUT2D eigenvalue weighted by atomic mass is 10.0. The molecule has 0 bridgehead atoms. The number of nitrogens with zero attached hydrogens (tertiary/aromatic N) is 4. The van der Waals surface area contributed by atoms with Crippen LogP contribution in [0.5, 0.6) is 0 Å². The Balaban J connectivity index is 1.93. The molecule has 2 atom stereocenters. The van der Waals surface area contributed by atoms with Crippen molar-refractivity contribution < 1.29 is 4.74 Å². The minimum absolute atomic E-state index is 0.199. The summed E-state index contributed by atoms with van der Waals surface area (Å²) in [6, 6.07) is 0.199. The first-order valence-corrected chi connectivity index (χ1v) is 6.88. The number of ether oxygens (including phenoxy) is 1. The van der Waals surface area contributed by atoms with E-state index in [9.17, 15) is 0 Å². The van der Waals surface area contributed by atoms with E-state index in [2.05, 4.69) is 34.7 Å². The van der Waals surface area contributed by atoms with E-state index in [0.29, 0.717) is 5.92 Å². The highest BCUT2D eigenvalue weighted by molar-refractivity contribution is 4.90. The van der Waals surface area contributed by atoms with Crippen molar-refractivity contribution in [3.63, 3.8) is 0 Å². The first-order valence-electron chi connectivity index (χ1n) is 6.88.